The minimum atomic E-state index is -4.56. The largest absolute Gasteiger partial charge is 0.479 e. The number of alkyl halides is 3. The first kappa shape index (κ1) is 22.5. The summed E-state index contributed by atoms with van der Waals surface area (Å²) in [5, 5.41) is 5.59. The predicted octanol–water partition coefficient (Wildman–Crippen LogP) is 4.92. The van der Waals surface area contributed by atoms with Gasteiger partial charge in [-0.3, -0.25) is 4.79 Å². The van der Waals surface area contributed by atoms with E-state index in [1.165, 1.54) is 19.3 Å². The topological polar surface area (TPSA) is 76.1 Å². The highest BCUT2D eigenvalue weighted by Crippen LogP contribution is 2.34. The van der Waals surface area contributed by atoms with Crippen LogP contribution in [0.25, 0.3) is 10.9 Å². The molecule has 0 bridgehead atoms. The van der Waals surface area contributed by atoms with Gasteiger partial charge in [0, 0.05) is 6.07 Å². The van der Waals surface area contributed by atoms with Gasteiger partial charge >= 0.3 is 6.18 Å². The fourth-order valence-corrected chi connectivity index (χ4v) is 3.13. The quantitative estimate of drug-likeness (QED) is 0.515. The predicted molar refractivity (Wildman–Crippen MR) is 108 cm³/mol. The second kappa shape index (κ2) is 8.93. The maximum absolute atomic E-state index is 13.8. The number of ether oxygens (including phenoxy) is 1. The van der Waals surface area contributed by atoms with E-state index in [1.807, 2.05) is 13.0 Å². The fraction of sp³-hybridized carbons (Fsp3) is 0.250. The number of fused-ring (bicyclic) bond motifs is 1. The zero-order valence-corrected chi connectivity index (χ0v) is 17.1. The van der Waals surface area contributed by atoms with Gasteiger partial charge in [-0.1, -0.05) is 11.6 Å². The molecule has 11 heteroatoms. The number of hydrogen-bond donors (Lipinski definition) is 2. The second-order valence-electron chi connectivity index (χ2n) is 6.72. The summed E-state index contributed by atoms with van der Waals surface area (Å²) < 4.78 is 56.2. The molecule has 6 nitrogen and oxygen atoms in total. The Morgan fingerprint density at radius 3 is 2.68 bits per heavy atom. The first-order chi connectivity index (χ1) is 14.5. The summed E-state index contributed by atoms with van der Waals surface area (Å²) in [5.74, 6) is -1.45. The molecule has 0 unspecified atom stereocenters. The molecule has 164 valence electrons. The van der Waals surface area contributed by atoms with Crippen molar-refractivity contribution in [2.45, 2.75) is 26.1 Å². The molecule has 0 radical (unpaired) electrons. The third-order valence-electron chi connectivity index (χ3n) is 4.17. The van der Waals surface area contributed by atoms with E-state index in [-0.39, 0.29) is 11.4 Å². The number of nitrogens with one attached hydrogen (secondary N) is 2. The van der Waals surface area contributed by atoms with E-state index in [0.717, 1.165) is 17.7 Å². The minimum absolute atomic E-state index is 0.0929. The molecule has 0 saturated carbocycles. The van der Waals surface area contributed by atoms with Crippen LogP contribution in [0.15, 0.2) is 36.7 Å². The Hall–Kier alpha value is -3.14. The smallest absolute Gasteiger partial charge is 0.405 e. The molecular formula is C20H17ClF4N4O2. The number of hydrogen-bond acceptors (Lipinski definition) is 5. The van der Waals surface area contributed by atoms with Gasteiger partial charge in [0.1, 0.15) is 30.3 Å². The molecule has 2 N–H and O–H groups in total. The van der Waals surface area contributed by atoms with Gasteiger partial charge in [0.25, 0.3) is 5.91 Å². The fourth-order valence-electron chi connectivity index (χ4n) is 2.77. The number of amides is 1. The highest BCUT2D eigenvalue weighted by molar-refractivity contribution is 6.36. The summed E-state index contributed by atoms with van der Waals surface area (Å²) in [6, 6.07) is 7.04. The normalized spacial score (nSPS) is 12.5. The lowest BCUT2D eigenvalue weighted by Crippen LogP contribution is -2.41. The molecule has 1 aromatic heterocycles. The van der Waals surface area contributed by atoms with Crippen LogP contribution in [0.2, 0.25) is 5.02 Å². The molecule has 1 atom stereocenters. The average molecular weight is 457 g/mol. The van der Waals surface area contributed by atoms with Crippen LogP contribution in [0.1, 0.15) is 12.5 Å². The summed E-state index contributed by atoms with van der Waals surface area (Å²) in [6.45, 7) is 1.61. The van der Waals surface area contributed by atoms with Crippen molar-refractivity contribution in [2.75, 3.05) is 11.9 Å². The summed E-state index contributed by atoms with van der Waals surface area (Å²) in [7, 11) is 0. The van der Waals surface area contributed by atoms with Crippen molar-refractivity contribution in [3.63, 3.8) is 0 Å². The van der Waals surface area contributed by atoms with E-state index in [1.54, 1.807) is 11.4 Å². The highest BCUT2D eigenvalue weighted by Gasteiger charge is 2.29. The van der Waals surface area contributed by atoms with Crippen molar-refractivity contribution in [2.24, 2.45) is 0 Å². The van der Waals surface area contributed by atoms with E-state index < -0.39 is 30.5 Å². The van der Waals surface area contributed by atoms with E-state index >= 15 is 0 Å². The molecular weight excluding hydrogens is 440 g/mol. The molecule has 3 rings (SSSR count). The molecule has 31 heavy (non-hydrogen) atoms. The van der Waals surface area contributed by atoms with Crippen molar-refractivity contribution in [1.29, 1.82) is 0 Å². The first-order valence-corrected chi connectivity index (χ1v) is 9.40. The van der Waals surface area contributed by atoms with Gasteiger partial charge in [-0.15, -0.1) is 0 Å². The average Bonchev–Trinajstić information content (AvgIpc) is 2.67. The zero-order chi connectivity index (χ0) is 22.8. The number of rotatable bonds is 6. The van der Waals surface area contributed by atoms with Crippen molar-refractivity contribution < 1.29 is 27.1 Å². The number of carbonyl (C=O) groups is 1. The first-order valence-electron chi connectivity index (χ1n) is 9.02. The number of nitrogens with zero attached hydrogens (tertiary/aromatic N) is 2. The lowest BCUT2D eigenvalue weighted by atomic mass is 10.1. The second-order valence-corrected chi connectivity index (χ2v) is 7.13. The van der Waals surface area contributed by atoms with Crippen molar-refractivity contribution in [3.8, 4) is 5.75 Å². The standard InChI is InChI=1S/C20H17ClF4N4O2/c1-10-5-13(21)17-15(6-10)27-9-28-18(17)29-14-4-3-12(22)7-16(14)31-11(2)19(30)26-8-20(23,24)25/h3-7,9,11H,8H2,1-2H3,(H,26,30)(H,27,28,29)/t11-/m1/s1. The molecule has 0 spiro atoms. The summed E-state index contributed by atoms with van der Waals surface area (Å²) >= 11 is 6.34. The number of benzene rings is 2. The summed E-state index contributed by atoms with van der Waals surface area (Å²) in [5.41, 5.74) is 1.70. The van der Waals surface area contributed by atoms with Gasteiger partial charge in [-0.2, -0.15) is 13.2 Å². The number of halogens is 5. The molecule has 2 aromatic carbocycles. The molecule has 3 aromatic rings. The monoisotopic (exact) mass is 456 g/mol. The molecule has 0 fully saturated rings. The van der Waals surface area contributed by atoms with Crippen LogP contribution in [-0.4, -0.2) is 34.7 Å². The Morgan fingerprint density at radius 1 is 1.23 bits per heavy atom. The van der Waals surface area contributed by atoms with Crippen molar-refractivity contribution in [1.82, 2.24) is 15.3 Å². The number of aromatic nitrogens is 2. The van der Waals surface area contributed by atoms with Crippen LogP contribution >= 0.6 is 11.6 Å². The SMILES string of the molecule is Cc1cc(Cl)c2c(Nc3ccc(F)cc3O[C@H](C)C(=O)NCC(F)(F)F)ncnc2c1. The Morgan fingerprint density at radius 2 is 1.97 bits per heavy atom. The third kappa shape index (κ3) is 5.72. The van der Waals surface area contributed by atoms with E-state index in [9.17, 15) is 22.4 Å². The molecule has 0 aliphatic heterocycles. The molecule has 1 heterocycles. The number of anilines is 2. The van der Waals surface area contributed by atoms with Crippen LogP contribution in [0.3, 0.4) is 0 Å². The van der Waals surface area contributed by atoms with E-state index in [4.69, 9.17) is 16.3 Å². The Labute approximate surface area is 179 Å². The van der Waals surface area contributed by atoms with E-state index in [0.29, 0.717) is 21.7 Å². The Kier molecular flexibility index (Phi) is 6.49. The van der Waals surface area contributed by atoms with Crippen LogP contribution in [-0.2, 0) is 4.79 Å². The van der Waals surface area contributed by atoms with Gasteiger partial charge in [0.05, 0.1) is 21.6 Å². The number of carbonyl (C=O) groups excluding carboxylic acids is 1. The van der Waals surface area contributed by atoms with Gasteiger partial charge in [0.15, 0.2) is 6.10 Å². The molecule has 0 aliphatic rings. The number of aryl methyl sites for hydroxylation is 1. The lowest BCUT2D eigenvalue weighted by Gasteiger charge is -2.19. The zero-order valence-electron chi connectivity index (χ0n) is 16.3. The minimum Gasteiger partial charge on any atom is -0.479 e. The van der Waals surface area contributed by atoms with Gasteiger partial charge in [0.2, 0.25) is 0 Å². The Bertz CT molecular complexity index is 1120. The summed E-state index contributed by atoms with van der Waals surface area (Å²) in [4.78, 5) is 20.3. The van der Waals surface area contributed by atoms with Crippen LogP contribution in [0.4, 0.5) is 29.1 Å². The molecule has 0 aliphatic carbocycles. The maximum atomic E-state index is 13.8. The van der Waals surface area contributed by atoms with Crippen LogP contribution in [0.5, 0.6) is 5.75 Å². The van der Waals surface area contributed by atoms with E-state index in [2.05, 4.69) is 15.3 Å². The molecule has 1 amide bonds. The third-order valence-corrected chi connectivity index (χ3v) is 4.47. The van der Waals surface area contributed by atoms with Gasteiger partial charge < -0.3 is 15.4 Å². The highest BCUT2D eigenvalue weighted by atomic mass is 35.5. The van der Waals surface area contributed by atoms with Crippen molar-refractivity contribution in [3.05, 3.63) is 53.1 Å². The van der Waals surface area contributed by atoms with Crippen LogP contribution < -0.4 is 15.4 Å². The van der Waals surface area contributed by atoms with Gasteiger partial charge in [-0.25, -0.2) is 14.4 Å². The summed E-state index contributed by atoms with van der Waals surface area (Å²) in [6.07, 6.45) is -4.57. The lowest BCUT2D eigenvalue weighted by molar-refractivity contribution is -0.142. The van der Waals surface area contributed by atoms with Gasteiger partial charge in [-0.05, 0) is 43.7 Å². The van der Waals surface area contributed by atoms with Crippen molar-refractivity contribution >= 4 is 39.9 Å². The van der Waals surface area contributed by atoms with Crippen LogP contribution in [0, 0.1) is 12.7 Å². The molecule has 0 saturated heterocycles. The Balaban J connectivity index is 1.88. The maximum Gasteiger partial charge on any atom is 0.405 e.